The number of ether oxygens (including phenoxy) is 2. The zero-order valence-electron chi connectivity index (χ0n) is 43.2. The van der Waals surface area contributed by atoms with Gasteiger partial charge >= 0.3 is 18.2 Å². The van der Waals surface area contributed by atoms with Crippen molar-refractivity contribution < 1.29 is 43.3 Å². The fourth-order valence-corrected chi connectivity index (χ4v) is 11.3. The van der Waals surface area contributed by atoms with Crippen molar-refractivity contribution >= 4 is 58.0 Å². The van der Waals surface area contributed by atoms with E-state index in [0.29, 0.717) is 25.7 Å². The van der Waals surface area contributed by atoms with Crippen LogP contribution in [0.1, 0.15) is 83.1 Å². The largest absolute Gasteiger partial charge is 0.480 e. The van der Waals surface area contributed by atoms with E-state index >= 15 is 0 Å². The number of hydrogen-bond acceptors (Lipinski definition) is 10. The molecule has 9 rings (SSSR count). The summed E-state index contributed by atoms with van der Waals surface area (Å²) in [6.07, 6.45) is 0.659. The van der Waals surface area contributed by atoms with Crippen molar-refractivity contribution in [2.75, 3.05) is 26.3 Å². The van der Waals surface area contributed by atoms with Crippen molar-refractivity contribution in [3.05, 3.63) is 190 Å². The molecular weight excluding hydrogens is 1000 g/mol. The van der Waals surface area contributed by atoms with E-state index < -0.39 is 60.0 Å². The van der Waals surface area contributed by atoms with Crippen LogP contribution >= 0.6 is 11.3 Å². The summed E-state index contributed by atoms with van der Waals surface area (Å²) in [7, 11) is 0. The molecule has 16 heteroatoms. The molecule has 6 aromatic carbocycles. The number of alkyl carbamates (subject to hydrolysis) is 2. The molecule has 5 amide bonds. The summed E-state index contributed by atoms with van der Waals surface area (Å²) in [6.45, 7) is 0.702. The molecule has 402 valence electrons. The van der Waals surface area contributed by atoms with Gasteiger partial charge in [-0.05, 0) is 111 Å². The van der Waals surface area contributed by atoms with Gasteiger partial charge in [0, 0.05) is 42.6 Å². The number of rotatable bonds is 25. The van der Waals surface area contributed by atoms with Crippen LogP contribution in [-0.2, 0) is 41.5 Å². The summed E-state index contributed by atoms with van der Waals surface area (Å²) in [5.74, 6) is -3.44. The van der Waals surface area contributed by atoms with E-state index in [4.69, 9.17) is 15.2 Å². The summed E-state index contributed by atoms with van der Waals surface area (Å²) in [6, 6.07) is 44.8. The highest BCUT2D eigenvalue weighted by molar-refractivity contribution is 7.09. The fraction of sp³-hybridized carbons (Fsp3) is 0.290. The smallest absolute Gasteiger partial charge is 0.407 e. The van der Waals surface area contributed by atoms with Crippen LogP contribution in [0, 0.1) is 0 Å². The highest BCUT2D eigenvalue weighted by Crippen LogP contribution is 2.45. The molecule has 7 aromatic rings. The maximum absolute atomic E-state index is 14.5. The van der Waals surface area contributed by atoms with Crippen LogP contribution in [0.4, 0.5) is 9.59 Å². The van der Waals surface area contributed by atoms with E-state index in [1.807, 2.05) is 133 Å². The Hall–Kier alpha value is -8.34. The molecule has 8 N–H and O–H groups in total. The summed E-state index contributed by atoms with van der Waals surface area (Å²) in [4.78, 5) is 81.8. The van der Waals surface area contributed by atoms with E-state index in [2.05, 4.69) is 50.8 Å². The van der Waals surface area contributed by atoms with Gasteiger partial charge in [0.25, 0.3) is 0 Å². The van der Waals surface area contributed by atoms with Gasteiger partial charge in [-0.1, -0.05) is 146 Å². The zero-order valence-corrected chi connectivity index (χ0v) is 44.0. The first kappa shape index (κ1) is 54.4. The second-order valence-corrected chi connectivity index (χ2v) is 20.8. The normalized spacial score (nSPS) is 13.9. The molecule has 2 aliphatic rings. The van der Waals surface area contributed by atoms with E-state index in [1.165, 1.54) is 11.3 Å². The summed E-state index contributed by atoms with van der Waals surface area (Å²) < 4.78 is 11.4. The molecule has 0 unspecified atom stereocenters. The predicted molar refractivity (Wildman–Crippen MR) is 301 cm³/mol. The second kappa shape index (κ2) is 26.1. The molecule has 0 fully saturated rings. The van der Waals surface area contributed by atoms with Crippen molar-refractivity contribution in [3.63, 3.8) is 0 Å². The van der Waals surface area contributed by atoms with Gasteiger partial charge in [-0.3, -0.25) is 14.4 Å². The summed E-state index contributed by atoms with van der Waals surface area (Å²) >= 11 is 1.46. The van der Waals surface area contributed by atoms with E-state index in [9.17, 15) is 33.9 Å². The minimum Gasteiger partial charge on any atom is -0.480 e. The van der Waals surface area contributed by atoms with E-state index in [1.54, 1.807) is 0 Å². The van der Waals surface area contributed by atoms with Crippen LogP contribution in [0.5, 0.6) is 0 Å². The van der Waals surface area contributed by atoms with Crippen LogP contribution in [-0.4, -0.2) is 91.5 Å². The standard InChI is InChI=1S/C62H64N6O9S/c63-53(36-42-18-15-33-78-42)57(69)68-56(35-39-29-30-40-16-1-2-17-41(40)34-39)59(71)66-54(27-11-13-31-64-61(74)76-37-51-47-23-7-3-19-43(47)44-20-4-8-24-48(44)51)58(70)67-55(60(72)73)28-12-14-32-65-62(75)77-38-52-49-25-9-5-21-45(49)46-22-6-10-26-50(46)52/h1-10,15-26,29-30,33-34,51-56H,11-14,27-28,31-32,35-38,63H2,(H,64,74)(H,65,75)(H,66,71)(H,67,70)(H,68,69)(H,72,73)/t53-,54+,55-,56-/m0/s1. The van der Waals surface area contributed by atoms with Crippen molar-refractivity contribution in [1.29, 1.82) is 0 Å². The molecule has 0 saturated carbocycles. The van der Waals surface area contributed by atoms with Crippen molar-refractivity contribution in [3.8, 4) is 22.3 Å². The highest BCUT2D eigenvalue weighted by atomic mass is 32.1. The zero-order chi connectivity index (χ0) is 54.4. The monoisotopic (exact) mass is 1070 g/mol. The average molecular weight is 1070 g/mol. The Balaban J connectivity index is 0.813. The molecule has 4 atom stereocenters. The molecule has 0 bridgehead atoms. The van der Waals surface area contributed by atoms with Crippen LogP contribution in [0.3, 0.4) is 0 Å². The Kier molecular flexibility index (Phi) is 18.2. The van der Waals surface area contributed by atoms with E-state index in [-0.39, 0.29) is 63.8 Å². The van der Waals surface area contributed by atoms with Gasteiger partial charge in [0.1, 0.15) is 31.3 Å². The number of fused-ring (bicyclic) bond motifs is 7. The lowest BCUT2D eigenvalue weighted by Gasteiger charge is -2.25. The van der Waals surface area contributed by atoms with Crippen LogP contribution in [0.15, 0.2) is 157 Å². The van der Waals surface area contributed by atoms with Crippen LogP contribution < -0.4 is 32.3 Å². The lowest BCUT2D eigenvalue weighted by molar-refractivity contribution is -0.142. The Bertz CT molecular complexity index is 3170. The minimum atomic E-state index is -1.33. The van der Waals surface area contributed by atoms with Crippen molar-refractivity contribution in [2.24, 2.45) is 5.73 Å². The minimum absolute atomic E-state index is 0.0287. The number of aliphatic carboxylic acids is 1. The fourth-order valence-electron chi connectivity index (χ4n) is 10.5. The molecule has 2 aliphatic carbocycles. The van der Waals surface area contributed by atoms with Gasteiger partial charge in [0.05, 0.1) is 6.04 Å². The molecule has 1 aromatic heterocycles. The molecule has 78 heavy (non-hydrogen) atoms. The van der Waals surface area contributed by atoms with Gasteiger partial charge < -0.3 is 46.9 Å². The third kappa shape index (κ3) is 13.6. The number of benzene rings is 6. The number of carbonyl (C=O) groups is 6. The maximum Gasteiger partial charge on any atom is 0.407 e. The first-order valence-electron chi connectivity index (χ1n) is 26.6. The molecule has 0 saturated heterocycles. The first-order valence-corrected chi connectivity index (χ1v) is 27.5. The van der Waals surface area contributed by atoms with Crippen molar-refractivity contribution in [1.82, 2.24) is 26.6 Å². The summed E-state index contributed by atoms with van der Waals surface area (Å²) in [5.41, 5.74) is 16.0. The molecule has 0 radical (unpaired) electrons. The highest BCUT2D eigenvalue weighted by Gasteiger charge is 2.33. The van der Waals surface area contributed by atoms with Gasteiger partial charge in [-0.15, -0.1) is 11.3 Å². The topological polar surface area (TPSA) is 227 Å². The number of thiophene rings is 1. The molecular formula is C62H64N6O9S. The third-order valence-corrected chi connectivity index (χ3v) is 15.4. The quantitative estimate of drug-likeness (QED) is 0.0269. The molecule has 1 heterocycles. The molecule has 0 spiro atoms. The van der Waals surface area contributed by atoms with Gasteiger partial charge in [-0.25, -0.2) is 14.4 Å². The number of amides is 5. The lowest BCUT2D eigenvalue weighted by atomic mass is 9.98. The number of hydrogen-bond donors (Lipinski definition) is 7. The van der Waals surface area contributed by atoms with Crippen LogP contribution in [0.2, 0.25) is 0 Å². The Morgan fingerprint density at radius 3 is 1.47 bits per heavy atom. The predicted octanol–water partition coefficient (Wildman–Crippen LogP) is 8.97. The van der Waals surface area contributed by atoms with E-state index in [0.717, 1.165) is 65.7 Å². The first-order chi connectivity index (χ1) is 38.0. The van der Waals surface area contributed by atoms with Gasteiger partial charge in [-0.2, -0.15) is 0 Å². The Morgan fingerprint density at radius 1 is 0.500 bits per heavy atom. The third-order valence-electron chi connectivity index (χ3n) is 14.5. The second-order valence-electron chi connectivity index (χ2n) is 19.8. The van der Waals surface area contributed by atoms with Crippen molar-refractivity contribution in [2.45, 2.75) is 87.4 Å². The SMILES string of the molecule is N[C@@H](Cc1cccs1)C(=O)N[C@@H](Cc1ccc2ccccc2c1)C(=O)N[C@H](CCCCNC(=O)OCC1c2ccccc2-c2ccccc21)C(=O)N[C@@H](CCCCNC(=O)OCC1c2ccccc2-c2ccccc21)C(=O)O. The number of carbonyl (C=O) groups excluding carboxylic acids is 5. The number of carboxylic acids is 1. The number of unbranched alkanes of at least 4 members (excludes halogenated alkanes) is 2. The summed E-state index contributed by atoms with van der Waals surface area (Å²) in [5, 5.41) is 28.0. The van der Waals surface area contributed by atoms with Gasteiger partial charge in [0.15, 0.2) is 0 Å². The molecule has 15 nitrogen and oxygen atoms in total. The van der Waals surface area contributed by atoms with Gasteiger partial charge in [0.2, 0.25) is 17.7 Å². The Labute approximate surface area is 457 Å². The lowest BCUT2D eigenvalue weighted by Crippen LogP contribution is -2.57. The number of nitrogens with two attached hydrogens (primary N) is 1. The number of nitrogens with one attached hydrogen (secondary N) is 5. The molecule has 0 aliphatic heterocycles. The van der Waals surface area contributed by atoms with Crippen LogP contribution in [0.25, 0.3) is 33.0 Å². The Morgan fingerprint density at radius 2 is 0.962 bits per heavy atom. The number of carboxylic acid groups (broad SMARTS) is 1. The average Bonchev–Trinajstić information content (AvgIpc) is 4.40. The maximum atomic E-state index is 14.5.